The van der Waals surface area contributed by atoms with Crippen molar-refractivity contribution in [2.45, 2.75) is 69.5 Å². The van der Waals surface area contributed by atoms with Crippen LogP contribution in [-0.4, -0.2) is 36.8 Å². The van der Waals surface area contributed by atoms with Gasteiger partial charge in [-0.1, -0.05) is 133 Å². The molecule has 0 N–H and O–H groups in total. The molecule has 1 fully saturated rings. The van der Waals surface area contributed by atoms with Crippen LogP contribution in [0.1, 0.15) is 34.2 Å². The smallest absolute Gasteiger partial charge is 0.240 e. The van der Waals surface area contributed by atoms with E-state index in [2.05, 4.69) is 48.5 Å². The Labute approximate surface area is 293 Å². The SMILES string of the molecule is Clc1ccc2c(c1)CC[C@]1(O2)O[C@H](COCc2ccccc2)[C@H](OCc2ccccc2)[C@H](OCc2ccccc2)[C@H]1OCc1ccccc1. The van der Waals surface area contributed by atoms with Gasteiger partial charge in [-0.3, -0.25) is 0 Å². The van der Waals surface area contributed by atoms with Crippen molar-refractivity contribution in [1.82, 2.24) is 0 Å². The predicted octanol–water partition coefficient (Wildman–Crippen LogP) is 8.73. The fraction of sp³-hybridized carbons (Fsp3) is 0.286. The number of fused-ring (bicyclic) bond motifs is 1. The molecular weight excluding hydrogens is 636 g/mol. The summed E-state index contributed by atoms with van der Waals surface area (Å²) in [5.41, 5.74) is 5.25. The number of hydrogen-bond acceptors (Lipinski definition) is 6. The minimum Gasteiger partial charge on any atom is -0.459 e. The first-order chi connectivity index (χ1) is 24.1. The van der Waals surface area contributed by atoms with E-state index in [9.17, 15) is 0 Å². The van der Waals surface area contributed by atoms with Crippen LogP contribution in [0.25, 0.3) is 0 Å². The Balaban J connectivity index is 1.25. The van der Waals surface area contributed by atoms with Gasteiger partial charge in [-0.15, -0.1) is 0 Å². The first-order valence-corrected chi connectivity index (χ1v) is 17.3. The van der Waals surface area contributed by atoms with Crippen molar-refractivity contribution in [3.63, 3.8) is 0 Å². The van der Waals surface area contributed by atoms with Gasteiger partial charge in [0.05, 0.1) is 33.0 Å². The summed E-state index contributed by atoms with van der Waals surface area (Å²) in [7, 11) is 0. The molecule has 2 heterocycles. The summed E-state index contributed by atoms with van der Waals surface area (Å²) in [6.45, 7) is 1.78. The van der Waals surface area contributed by atoms with Crippen LogP contribution in [-0.2, 0) is 56.5 Å². The number of halogens is 1. The molecular formula is C42H41ClO6. The highest BCUT2D eigenvalue weighted by Gasteiger charge is 2.59. The van der Waals surface area contributed by atoms with E-state index in [-0.39, 0.29) is 6.61 Å². The summed E-state index contributed by atoms with van der Waals surface area (Å²) >= 11 is 6.39. The van der Waals surface area contributed by atoms with E-state index in [1.54, 1.807) is 0 Å². The number of benzene rings is 5. The van der Waals surface area contributed by atoms with Gasteiger partial charge in [-0.05, 0) is 52.4 Å². The summed E-state index contributed by atoms with van der Waals surface area (Å²) in [5.74, 6) is -0.456. The molecule has 2 aliphatic rings. The van der Waals surface area contributed by atoms with Gasteiger partial charge in [-0.25, -0.2) is 0 Å². The monoisotopic (exact) mass is 676 g/mol. The van der Waals surface area contributed by atoms with Gasteiger partial charge in [0.25, 0.3) is 0 Å². The van der Waals surface area contributed by atoms with Crippen LogP contribution in [0, 0.1) is 0 Å². The van der Waals surface area contributed by atoms with Crippen molar-refractivity contribution in [3.8, 4) is 5.75 Å². The summed E-state index contributed by atoms with van der Waals surface area (Å²) in [4.78, 5) is 0. The Hall–Kier alpha value is -4.01. The minimum absolute atomic E-state index is 0.267. The van der Waals surface area contributed by atoms with Crippen molar-refractivity contribution in [1.29, 1.82) is 0 Å². The molecule has 5 aromatic carbocycles. The zero-order valence-electron chi connectivity index (χ0n) is 27.4. The number of ether oxygens (including phenoxy) is 6. The lowest BCUT2D eigenvalue weighted by atomic mass is 9.86. The van der Waals surface area contributed by atoms with Crippen molar-refractivity contribution in [2.24, 2.45) is 0 Å². The highest BCUT2D eigenvalue weighted by molar-refractivity contribution is 6.30. The van der Waals surface area contributed by atoms with E-state index in [1.165, 1.54) is 0 Å². The molecule has 0 unspecified atom stereocenters. The molecule has 2 aliphatic heterocycles. The Morgan fingerprint density at radius 3 is 1.67 bits per heavy atom. The number of rotatable bonds is 13. The maximum atomic E-state index is 7.11. The molecule has 1 spiro atoms. The largest absolute Gasteiger partial charge is 0.459 e. The molecule has 6 nitrogen and oxygen atoms in total. The summed E-state index contributed by atoms with van der Waals surface area (Å²) in [6.07, 6.45) is -1.06. The van der Waals surface area contributed by atoms with E-state index in [1.807, 2.05) is 91.0 Å². The summed E-state index contributed by atoms with van der Waals surface area (Å²) < 4.78 is 41.0. The lowest BCUT2D eigenvalue weighted by Gasteiger charge is -2.53. The number of aryl methyl sites for hydroxylation is 1. The first-order valence-electron chi connectivity index (χ1n) is 16.9. The molecule has 0 saturated carbocycles. The lowest BCUT2D eigenvalue weighted by Crippen LogP contribution is -2.69. The van der Waals surface area contributed by atoms with Crippen LogP contribution in [0.3, 0.4) is 0 Å². The first kappa shape index (κ1) is 33.5. The van der Waals surface area contributed by atoms with Gasteiger partial charge < -0.3 is 28.4 Å². The predicted molar refractivity (Wildman–Crippen MR) is 189 cm³/mol. The van der Waals surface area contributed by atoms with Crippen molar-refractivity contribution < 1.29 is 28.4 Å². The van der Waals surface area contributed by atoms with Gasteiger partial charge in [-0.2, -0.15) is 0 Å². The maximum Gasteiger partial charge on any atom is 0.240 e. The maximum absolute atomic E-state index is 7.11. The zero-order chi connectivity index (χ0) is 33.3. The van der Waals surface area contributed by atoms with Crippen LogP contribution in [0.15, 0.2) is 140 Å². The van der Waals surface area contributed by atoms with E-state index in [0.717, 1.165) is 33.6 Å². The second-order valence-electron chi connectivity index (χ2n) is 12.6. The fourth-order valence-corrected chi connectivity index (χ4v) is 6.79. The van der Waals surface area contributed by atoms with E-state index in [0.29, 0.717) is 44.3 Å². The molecule has 0 bridgehead atoms. The second kappa shape index (κ2) is 16.1. The zero-order valence-corrected chi connectivity index (χ0v) is 28.1. The van der Waals surface area contributed by atoms with Gasteiger partial charge in [0.1, 0.15) is 24.1 Å². The molecule has 5 atom stereocenters. The highest BCUT2D eigenvalue weighted by atomic mass is 35.5. The average molecular weight is 677 g/mol. The van der Waals surface area contributed by atoms with Crippen LogP contribution in [0.2, 0.25) is 5.02 Å². The van der Waals surface area contributed by atoms with Crippen molar-refractivity contribution in [2.75, 3.05) is 6.61 Å². The average Bonchev–Trinajstić information content (AvgIpc) is 3.15. The number of hydrogen-bond donors (Lipinski definition) is 0. The van der Waals surface area contributed by atoms with Crippen LogP contribution < -0.4 is 4.74 Å². The lowest BCUT2D eigenvalue weighted by molar-refractivity contribution is -0.364. The topological polar surface area (TPSA) is 55.4 Å². The third-order valence-electron chi connectivity index (χ3n) is 9.06. The van der Waals surface area contributed by atoms with Gasteiger partial charge in [0.15, 0.2) is 6.10 Å². The molecule has 7 heteroatoms. The van der Waals surface area contributed by atoms with Crippen LogP contribution >= 0.6 is 11.6 Å². The van der Waals surface area contributed by atoms with Crippen molar-refractivity contribution >= 4 is 11.6 Å². The third-order valence-corrected chi connectivity index (χ3v) is 9.29. The van der Waals surface area contributed by atoms with E-state index >= 15 is 0 Å². The van der Waals surface area contributed by atoms with Crippen LogP contribution in [0.4, 0.5) is 0 Å². The highest BCUT2D eigenvalue weighted by Crippen LogP contribution is 2.45. The van der Waals surface area contributed by atoms with Gasteiger partial charge in [0.2, 0.25) is 5.79 Å². The normalized spacial score (nSPS) is 23.1. The summed E-state index contributed by atoms with van der Waals surface area (Å²) in [5, 5.41) is 0.672. The third kappa shape index (κ3) is 8.42. The molecule has 5 aromatic rings. The second-order valence-corrected chi connectivity index (χ2v) is 13.0. The Morgan fingerprint density at radius 2 is 1.10 bits per heavy atom. The van der Waals surface area contributed by atoms with E-state index in [4.69, 9.17) is 40.0 Å². The standard InChI is InChI=1S/C42H41ClO6/c43-36-21-22-37-35(25-36)23-24-42(48-37)41(47-29-34-19-11-4-12-20-34)40(46-28-33-17-9-3-10-18-33)39(45-27-32-15-7-2-8-16-32)38(49-42)30-44-26-31-13-5-1-6-14-31/h1-22,25,38-41H,23-24,26-30H2/t38-,39+,40+,41-,42+/m1/s1. The van der Waals surface area contributed by atoms with E-state index < -0.39 is 30.2 Å². The Kier molecular flexibility index (Phi) is 11.0. The van der Waals surface area contributed by atoms with Crippen LogP contribution in [0.5, 0.6) is 5.75 Å². The Bertz CT molecular complexity index is 1740. The fourth-order valence-electron chi connectivity index (χ4n) is 6.59. The molecule has 1 saturated heterocycles. The Morgan fingerprint density at radius 1 is 0.592 bits per heavy atom. The quantitative estimate of drug-likeness (QED) is 0.124. The molecule has 0 aliphatic carbocycles. The molecule has 0 amide bonds. The van der Waals surface area contributed by atoms with Gasteiger partial charge in [0, 0.05) is 11.4 Å². The molecule has 0 aromatic heterocycles. The molecule has 252 valence electrons. The molecule has 7 rings (SSSR count). The molecule has 0 radical (unpaired) electrons. The summed E-state index contributed by atoms with van der Waals surface area (Å²) in [6, 6.07) is 46.3. The molecule has 49 heavy (non-hydrogen) atoms. The van der Waals surface area contributed by atoms with Crippen molar-refractivity contribution in [3.05, 3.63) is 172 Å². The minimum atomic E-state index is -1.18. The van der Waals surface area contributed by atoms with Gasteiger partial charge >= 0.3 is 0 Å².